The summed E-state index contributed by atoms with van der Waals surface area (Å²) in [7, 11) is -4.37. The monoisotopic (exact) mass is 349 g/mol. The van der Waals surface area contributed by atoms with E-state index in [1.807, 2.05) is 0 Å². The SMILES string of the molecule is CC(=O)NNc1ccc(NC(=O)c2cccc(S(=O)(=O)O)c2)cc1. The van der Waals surface area contributed by atoms with Crippen molar-refractivity contribution in [3.8, 4) is 0 Å². The second-order valence-electron chi connectivity index (χ2n) is 4.84. The molecular formula is C15H15N3O5S. The molecule has 0 aliphatic rings. The fourth-order valence-electron chi connectivity index (χ4n) is 1.80. The summed E-state index contributed by atoms with van der Waals surface area (Å²) in [5.74, 6) is -0.769. The zero-order valence-electron chi connectivity index (χ0n) is 12.6. The predicted molar refractivity (Wildman–Crippen MR) is 88.1 cm³/mol. The van der Waals surface area contributed by atoms with Crippen LogP contribution in [0.25, 0.3) is 0 Å². The average Bonchev–Trinajstić information content (AvgIpc) is 2.53. The maximum absolute atomic E-state index is 12.1. The number of anilines is 2. The van der Waals surface area contributed by atoms with Gasteiger partial charge in [0, 0.05) is 18.2 Å². The van der Waals surface area contributed by atoms with Crippen molar-refractivity contribution in [2.45, 2.75) is 11.8 Å². The van der Waals surface area contributed by atoms with Crippen LogP contribution in [0.4, 0.5) is 11.4 Å². The number of carbonyl (C=O) groups excluding carboxylic acids is 2. The van der Waals surface area contributed by atoms with Gasteiger partial charge < -0.3 is 5.32 Å². The molecule has 9 heteroatoms. The molecular weight excluding hydrogens is 334 g/mol. The number of hydrogen-bond donors (Lipinski definition) is 4. The van der Waals surface area contributed by atoms with Gasteiger partial charge in [0.15, 0.2) is 0 Å². The molecule has 0 fully saturated rings. The summed E-state index contributed by atoms with van der Waals surface area (Å²) in [5.41, 5.74) is 6.27. The lowest BCUT2D eigenvalue weighted by Crippen LogP contribution is -2.26. The third kappa shape index (κ3) is 4.80. The second-order valence-corrected chi connectivity index (χ2v) is 6.26. The first-order valence-corrected chi connectivity index (χ1v) is 8.21. The first-order chi connectivity index (χ1) is 11.3. The molecule has 0 heterocycles. The number of nitrogens with one attached hydrogen (secondary N) is 3. The van der Waals surface area contributed by atoms with Crippen LogP contribution in [0, 0.1) is 0 Å². The number of hydrogen-bond acceptors (Lipinski definition) is 5. The summed E-state index contributed by atoms with van der Waals surface area (Å²) in [5, 5.41) is 2.60. The van der Waals surface area contributed by atoms with E-state index in [2.05, 4.69) is 16.2 Å². The summed E-state index contributed by atoms with van der Waals surface area (Å²) in [6.45, 7) is 1.36. The van der Waals surface area contributed by atoms with Gasteiger partial charge in [-0.25, -0.2) is 0 Å². The van der Waals surface area contributed by atoms with Crippen LogP contribution in [0.2, 0.25) is 0 Å². The van der Waals surface area contributed by atoms with Crippen LogP contribution in [0.5, 0.6) is 0 Å². The Balaban J connectivity index is 2.08. The van der Waals surface area contributed by atoms with Crippen LogP contribution < -0.4 is 16.2 Å². The molecule has 126 valence electrons. The number of amides is 2. The lowest BCUT2D eigenvalue weighted by atomic mass is 10.2. The average molecular weight is 349 g/mol. The molecule has 2 aromatic rings. The van der Waals surface area contributed by atoms with Crippen molar-refractivity contribution in [2.24, 2.45) is 0 Å². The van der Waals surface area contributed by atoms with Gasteiger partial charge in [0.1, 0.15) is 0 Å². The number of hydrazine groups is 1. The number of rotatable bonds is 5. The fraction of sp³-hybridized carbons (Fsp3) is 0.0667. The lowest BCUT2D eigenvalue weighted by Gasteiger charge is -2.09. The highest BCUT2D eigenvalue weighted by Crippen LogP contribution is 2.16. The first-order valence-electron chi connectivity index (χ1n) is 6.77. The van der Waals surface area contributed by atoms with Crippen molar-refractivity contribution in [3.05, 3.63) is 54.1 Å². The normalized spacial score (nSPS) is 10.8. The molecule has 0 radical (unpaired) electrons. The van der Waals surface area contributed by atoms with Gasteiger partial charge in [0.05, 0.1) is 10.6 Å². The van der Waals surface area contributed by atoms with Gasteiger partial charge in [0.2, 0.25) is 5.91 Å². The van der Waals surface area contributed by atoms with Gasteiger partial charge in [-0.1, -0.05) is 6.07 Å². The molecule has 2 aromatic carbocycles. The van der Waals surface area contributed by atoms with Crippen LogP contribution in [-0.2, 0) is 14.9 Å². The molecule has 0 saturated heterocycles. The molecule has 2 rings (SSSR count). The van der Waals surface area contributed by atoms with E-state index in [1.165, 1.54) is 25.1 Å². The summed E-state index contributed by atoms with van der Waals surface area (Å²) >= 11 is 0. The Morgan fingerprint density at radius 3 is 2.21 bits per heavy atom. The van der Waals surface area contributed by atoms with E-state index in [0.29, 0.717) is 11.4 Å². The fourth-order valence-corrected chi connectivity index (χ4v) is 2.32. The standard InChI is InChI=1S/C15H15N3O5S/c1-10(19)17-18-13-7-5-12(6-8-13)16-15(20)11-3-2-4-14(9-11)24(21,22)23/h2-9,18H,1H3,(H,16,20)(H,17,19)(H,21,22,23). The molecule has 0 saturated carbocycles. The maximum atomic E-state index is 12.1. The number of carbonyl (C=O) groups is 2. The molecule has 2 amide bonds. The van der Waals surface area contributed by atoms with Gasteiger partial charge >= 0.3 is 0 Å². The zero-order valence-corrected chi connectivity index (χ0v) is 13.4. The van der Waals surface area contributed by atoms with E-state index in [-0.39, 0.29) is 16.4 Å². The summed E-state index contributed by atoms with van der Waals surface area (Å²) in [4.78, 5) is 22.6. The van der Waals surface area contributed by atoms with E-state index in [4.69, 9.17) is 4.55 Å². The molecule has 0 aromatic heterocycles. The third-order valence-electron chi connectivity index (χ3n) is 2.92. The highest BCUT2D eigenvalue weighted by atomic mass is 32.2. The Morgan fingerprint density at radius 2 is 1.62 bits per heavy atom. The highest BCUT2D eigenvalue weighted by Gasteiger charge is 2.13. The van der Waals surface area contributed by atoms with Crippen LogP contribution in [0.1, 0.15) is 17.3 Å². The van der Waals surface area contributed by atoms with Crippen molar-refractivity contribution in [1.29, 1.82) is 0 Å². The minimum atomic E-state index is -4.37. The van der Waals surface area contributed by atoms with Crippen molar-refractivity contribution in [1.82, 2.24) is 5.43 Å². The molecule has 0 aliphatic heterocycles. The Morgan fingerprint density at radius 1 is 1.00 bits per heavy atom. The van der Waals surface area contributed by atoms with Crippen molar-refractivity contribution < 1.29 is 22.6 Å². The Labute approximate surface area is 138 Å². The molecule has 0 spiro atoms. The van der Waals surface area contributed by atoms with Crippen LogP contribution in [0.15, 0.2) is 53.4 Å². The summed E-state index contributed by atoms with van der Waals surface area (Å²) < 4.78 is 31.2. The second kappa shape index (κ2) is 7.11. The maximum Gasteiger partial charge on any atom is 0.294 e. The quantitative estimate of drug-likeness (QED) is 0.480. The van der Waals surface area contributed by atoms with Crippen LogP contribution in [-0.4, -0.2) is 24.8 Å². The predicted octanol–water partition coefficient (Wildman–Crippen LogP) is 1.65. The molecule has 24 heavy (non-hydrogen) atoms. The molecule has 0 atom stereocenters. The summed E-state index contributed by atoms with van der Waals surface area (Å²) in [6.07, 6.45) is 0. The smallest absolute Gasteiger partial charge is 0.294 e. The van der Waals surface area contributed by atoms with E-state index in [9.17, 15) is 18.0 Å². The topological polar surface area (TPSA) is 125 Å². The summed E-state index contributed by atoms with van der Waals surface area (Å²) in [6, 6.07) is 11.5. The van der Waals surface area contributed by atoms with E-state index >= 15 is 0 Å². The lowest BCUT2D eigenvalue weighted by molar-refractivity contribution is -0.118. The Bertz CT molecular complexity index is 863. The van der Waals surface area contributed by atoms with Gasteiger partial charge in [-0.2, -0.15) is 8.42 Å². The van der Waals surface area contributed by atoms with Gasteiger partial charge in [0.25, 0.3) is 16.0 Å². The molecule has 0 bridgehead atoms. The van der Waals surface area contributed by atoms with Crippen LogP contribution in [0.3, 0.4) is 0 Å². The molecule has 4 N–H and O–H groups in total. The Hall–Kier alpha value is -2.91. The minimum Gasteiger partial charge on any atom is -0.322 e. The molecule has 0 unspecified atom stereocenters. The largest absolute Gasteiger partial charge is 0.322 e. The molecule has 8 nitrogen and oxygen atoms in total. The van der Waals surface area contributed by atoms with Crippen molar-refractivity contribution in [2.75, 3.05) is 10.7 Å². The van der Waals surface area contributed by atoms with E-state index in [1.54, 1.807) is 24.3 Å². The highest BCUT2D eigenvalue weighted by molar-refractivity contribution is 7.85. The third-order valence-corrected chi connectivity index (χ3v) is 3.77. The Kier molecular flexibility index (Phi) is 5.17. The van der Waals surface area contributed by atoms with E-state index < -0.39 is 16.0 Å². The minimum absolute atomic E-state index is 0.0885. The molecule has 0 aliphatic carbocycles. The first kappa shape index (κ1) is 17.4. The van der Waals surface area contributed by atoms with Crippen LogP contribution >= 0.6 is 0 Å². The van der Waals surface area contributed by atoms with Gasteiger partial charge in [-0.3, -0.25) is 25.0 Å². The van der Waals surface area contributed by atoms with Gasteiger partial charge in [-0.15, -0.1) is 0 Å². The number of benzene rings is 2. The van der Waals surface area contributed by atoms with E-state index in [0.717, 1.165) is 6.07 Å². The van der Waals surface area contributed by atoms with Crippen molar-refractivity contribution >= 4 is 33.3 Å². The van der Waals surface area contributed by atoms with Crippen molar-refractivity contribution in [3.63, 3.8) is 0 Å². The van der Waals surface area contributed by atoms with Gasteiger partial charge in [-0.05, 0) is 42.5 Å². The zero-order chi connectivity index (χ0) is 17.7.